The number of allylic oxidation sites excluding steroid dienone is 1. The first kappa shape index (κ1) is 18.0. The van der Waals surface area contributed by atoms with Crippen molar-refractivity contribution in [2.24, 2.45) is 40.4 Å². The highest BCUT2D eigenvalue weighted by atomic mass is 19.3. The van der Waals surface area contributed by atoms with E-state index in [-0.39, 0.29) is 40.9 Å². The van der Waals surface area contributed by atoms with Gasteiger partial charge in [-0.1, -0.05) is 32.8 Å². The number of alkyl halides is 2. The van der Waals surface area contributed by atoms with Crippen LogP contribution in [0.2, 0.25) is 0 Å². The zero-order chi connectivity index (χ0) is 17.9. The van der Waals surface area contributed by atoms with E-state index in [9.17, 15) is 0 Å². The van der Waals surface area contributed by atoms with Gasteiger partial charge in [-0.3, -0.25) is 0 Å². The van der Waals surface area contributed by atoms with Crippen molar-refractivity contribution < 1.29 is 8.78 Å². The Morgan fingerprint density at radius 2 is 1.72 bits per heavy atom. The number of hydrogen-bond acceptors (Lipinski definition) is 0. The summed E-state index contributed by atoms with van der Waals surface area (Å²) in [7, 11) is 0. The van der Waals surface area contributed by atoms with Gasteiger partial charge in [-0.2, -0.15) is 0 Å². The molecule has 0 heterocycles. The lowest BCUT2D eigenvalue weighted by Crippen LogP contribution is -2.60. The topological polar surface area (TPSA) is 0 Å². The van der Waals surface area contributed by atoms with E-state index >= 15 is 8.78 Å². The van der Waals surface area contributed by atoms with Gasteiger partial charge in [-0.05, 0) is 85.9 Å². The second kappa shape index (κ2) is 6.06. The molecule has 0 saturated heterocycles. The fourth-order valence-corrected chi connectivity index (χ4v) is 8.09. The van der Waals surface area contributed by atoms with Crippen LogP contribution in [-0.2, 0) is 0 Å². The first-order valence-corrected chi connectivity index (χ1v) is 10.8. The average molecular weight is 351 g/mol. The summed E-state index contributed by atoms with van der Waals surface area (Å²) >= 11 is 0. The lowest BCUT2D eigenvalue weighted by molar-refractivity contribution is -0.231. The Morgan fingerprint density at radius 3 is 2.48 bits per heavy atom. The van der Waals surface area contributed by atoms with E-state index in [0.717, 1.165) is 38.5 Å². The summed E-state index contributed by atoms with van der Waals surface area (Å²) in [6.45, 7) is 8.62. The highest BCUT2D eigenvalue weighted by Gasteiger charge is 2.67. The number of fused-ring (bicyclic) bond motifs is 5. The summed E-state index contributed by atoms with van der Waals surface area (Å²) in [5.74, 6) is -1.39. The van der Waals surface area contributed by atoms with Crippen LogP contribution in [0, 0.1) is 40.4 Å². The maximum absolute atomic E-state index is 15.5. The van der Waals surface area contributed by atoms with Crippen LogP contribution in [-0.4, -0.2) is 5.92 Å². The zero-order valence-electron chi connectivity index (χ0n) is 16.2. The second-order valence-corrected chi connectivity index (χ2v) is 10.3. The smallest absolute Gasteiger partial charge is 0.207 e. The minimum atomic E-state index is -2.44. The summed E-state index contributed by atoms with van der Waals surface area (Å²) in [5.41, 5.74) is 0.330. The Balaban J connectivity index is 1.66. The van der Waals surface area contributed by atoms with Crippen LogP contribution in [0.3, 0.4) is 0 Å². The minimum Gasteiger partial charge on any atom is -0.207 e. The molecule has 0 aromatic rings. The van der Waals surface area contributed by atoms with Crippen molar-refractivity contribution in [3.63, 3.8) is 0 Å². The van der Waals surface area contributed by atoms with Crippen LogP contribution in [0.25, 0.3) is 0 Å². The molecule has 0 aromatic carbocycles. The van der Waals surface area contributed by atoms with Gasteiger partial charge in [0.2, 0.25) is 0 Å². The van der Waals surface area contributed by atoms with Gasteiger partial charge in [0.15, 0.2) is 0 Å². The molecule has 4 aliphatic carbocycles. The zero-order valence-corrected chi connectivity index (χ0v) is 16.2. The molecule has 25 heavy (non-hydrogen) atoms. The molecule has 0 bridgehead atoms. The molecule has 0 N–H and O–H groups in total. The van der Waals surface area contributed by atoms with E-state index in [1.54, 1.807) is 0 Å². The maximum atomic E-state index is 15.5. The van der Waals surface area contributed by atoms with Gasteiger partial charge in [-0.25, -0.2) is 8.78 Å². The maximum Gasteiger partial charge on any atom is 0.251 e. The first-order chi connectivity index (χ1) is 11.8. The largest absolute Gasteiger partial charge is 0.251 e. The van der Waals surface area contributed by atoms with E-state index in [0.29, 0.717) is 5.92 Å². The molecule has 0 radical (unpaired) electrons. The summed E-state index contributed by atoms with van der Waals surface area (Å²) in [5, 5.41) is 0. The third kappa shape index (κ3) is 2.56. The van der Waals surface area contributed by atoms with E-state index in [1.807, 2.05) is 6.08 Å². The van der Waals surface area contributed by atoms with Crippen molar-refractivity contribution in [2.75, 3.05) is 0 Å². The summed E-state index contributed by atoms with van der Waals surface area (Å²) in [4.78, 5) is 0. The minimum absolute atomic E-state index is 0.144. The molecule has 142 valence electrons. The summed E-state index contributed by atoms with van der Waals surface area (Å²) in [6, 6.07) is 0. The highest BCUT2D eigenvalue weighted by molar-refractivity contribution is 5.12. The van der Waals surface area contributed by atoms with E-state index in [4.69, 9.17) is 0 Å². The normalized spacial score (nSPS) is 51.3. The van der Waals surface area contributed by atoms with Crippen molar-refractivity contribution in [2.45, 2.75) is 90.4 Å². The fraction of sp³-hybridized carbons (Fsp3) is 0.913. The van der Waals surface area contributed by atoms with Gasteiger partial charge in [0.05, 0.1) is 0 Å². The third-order valence-corrected chi connectivity index (χ3v) is 9.49. The van der Waals surface area contributed by atoms with E-state index in [1.165, 1.54) is 25.7 Å². The van der Waals surface area contributed by atoms with Crippen molar-refractivity contribution in [1.29, 1.82) is 0 Å². The molecule has 0 nitrogen and oxygen atoms in total. The quantitative estimate of drug-likeness (QED) is 0.470. The standard InChI is InChI=1S/C23H36F2/c1-4-5-8-16-10-11-18-20-19(12-14-22(16,18)3)21(2)13-7-6-9-17(21)15-23(20,24)25/h4,16-20H,1,5-15H2,2-3H3. The number of rotatable bonds is 3. The second-order valence-electron chi connectivity index (χ2n) is 10.3. The van der Waals surface area contributed by atoms with Gasteiger partial charge in [0.1, 0.15) is 0 Å². The molecule has 0 aliphatic heterocycles. The van der Waals surface area contributed by atoms with Crippen LogP contribution in [0.4, 0.5) is 8.78 Å². The molecular weight excluding hydrogens is 314 g/mol. The van der Waals surface area contributed by atoms with Crippen molar-refractivity contribution in [3.05, 3.63) is 12.7 Å². The Morgan fingerprint density at radius 1 is 0.960 bits per heavy atom. The SMILES string of the molecule is C=CCCC1CCC2C3C(CCC12C)C1(C)CCCCC1CC3(F)F. The third-order valence-electron chi connectivity index (χ3n) is 9.49. The van der Waals surface area contributed by atoms with Gasteiger partial charge in [0, 0.05) is 12.3 Å². The molecule has 2 heteroatoms. The highest BCUT2D eigenvalue weighted by Crippen LogP contribution is 2.70. The van der Waals surface area contributed by atoms with E-state index in [2.05, 4.69) is 20.4 Å². The average Bonchev–Trinajstić information content (AvgIpc) is 2.89. The predicted molar refractivity (Wildman–Crippen MR) is 99.6 cm³/mol. The predicted octanol–water partition coefficient (Wildman–Crippen LogP) is 7.25. The van der Waals surface area contributed by atoms with Crippen LogP contribution in [0.1, 0.15) is 84.5 Å². The van der Waals surface area contributed by atoms with Crippen molar-refractivity contribution >= 4 is 0 Å². The summed E-state index contributed by atoms with van der Waals surface area (Å²) in [6.07, 6.45) is 13.5. The van der Waals surface area contributed by atoms with Crippen LogP contribution < -0.4 is 0 Å². The lowest BCUT2D eigenvalue weighted by Gasteiger charge is -2.62. The molecule has 4 aliphatic rings. The van der Waals surface area contributed by atoms with Crippen LogP contribution >= 0.6 is 0 Å². The van der Waals surface area contributed by atoms with Crippen LogP contribution in [0.15, 0.2) is 12.7 Å². The molecule has 0 aromatic heterocycles. The monoisotopic (exact) mass is 350 g/mol. The molecule has 0 spiro atoms. The van der Waals surface area contributed by atoms with Crippen molar-refractivity contribution in [1.82, 2.24) is 0 Å². The number of hydrogen-bond donors (Lipinski definition) is 0. The molecule has 7 unspecified atom stereocenters. The summed E-state index contributed by atoms with van der Waals surface area (Å²) < 4.78 is 30.9. The van der Waals surface area contributed by atoms with Gasteiger partial charge < -0.3 is 0 Å². The van der Waals surface area contributed by atoms with Gasteiger partial charge in [-0.15, -0.1) is 6.58 Å². The lowest BCUT2D eigenvalue weighted by atomic mass is 9.44. The molecule has 4 rings (SSSR count). The Bertz CT molecular complexity index is 526. The molecular formula is C23H36F2. The molecule has 4 fully saturated rings. The fourth-order valence-electron chi connectivity index (χ4n) is 8.09. The van der Waals surface area contributed by atoms with Crippen LogP contribution in [0.5, 0.6) is 0 Å². The molecule has 4 saturated carbocycles. The van der Waals surface area contributed by atoms with Crippen molar-refractivity contribution in [3.8, 4) is 0 Å². The van der Waals surface area contributed by atoms with Gasteiger partial charge >= 0.3 is 0 Å². The van der Waals surface area contributed by atoms with E-state index < -0.39 is 5.92 Å². The number of halogens is 2. The Hall–Kier alpha value is -0.400. The molecule has 0 amide bonds. The Kier molecular flexibility index (Phi) is 4.36. The Labute approximate surface area is 152 Å². The first-order valence-electron chi connectivity index (χ1n) is 10.8. The van der Waals surface area contributed by atoms with Gasteiger partial charge in [0.25, 0.3) is 5.92 Å². The molecule has 7 atom stereocenters.